The molecule has 19 heavy (non-hydrogen) atoms. The molecule has 0 radical (unpaired) electrons. The third kappa shape index (κ3) is 3.01. The fraction of sp³-hybridized carbons (Fsp3) is 0.455. The quantitative estimate of drug-likeness (QED) is 0.726. The van der Waals surface area contributed by atoms with Crippen molar-refractivity contribution in [2.24, 2.45) is 0 Å². The first-order valence-electron chi connectivity index (χ1n) is 5.62. The lowest BCUT2D eigenvalue weighted by atomic mass is 10.2. The van der Waals surface area contributed by atoms with Crippen LogP contribution >= 0.6 is 0 Å². The van der Waals surface area contributed by atoms with Crippen LogP contribution in [0.4, 0.5) is 10.2 Å². The summed E-state index contributed by atoms with van der Waals surface area (Å²) in [6.45, 7) is 0.396. The molecule has 1 aromatic heterocycles. The van der Waals surface area contributed by atoms with Gasteiger partial charge in [-0.2, -0.15) is 0 Å². The van der Waals surface area contributed by atoms with Crippen molar-refractivity contribution in [3.05, 3.63) is 23.6 Å². The minimum absolute atomic E-state index is 0.0210. The summed E-state index contributed by atoms with van der Waals surface area (Å²) in [5.41, 5.74) is 0.0216. The second kappa shape index (κ2) is 5.12. The number of nitrogens with zero attached hydrogens (tertiary/aromatic N) is 2. The lowest BCUT2D eigenvalue weighted by Gasteiger charge is -2.27. The third-order valence-electron chi connectivity index (χ3n) is 2.89. The van der Waals surface area contributed by atoms with Crippen molar-refractivity contribution in [3.8, 4) is 0 Å². The molecule has 1 aliphatic heterocycles. The van der Waals surface area contributed by atoms with E-state index in [2.05, 4.69) is 9.72 Å². The molecule has 1 fully saturated rings. The predicted octanol–water partition coefficient (Wildman–Crippen LogP) is 0.242. The number of methoxy groups -OCH3 is 1. The molecule has 104 valence electrons. The van der Waals surface area contributed by atoms with Crippen molar-refractivity contribution in [3.63, 3.8) is 0 Å². The molecule has 1 saturated heterocycles. The van der Waals surface area contributed by atoms with Crippen LogP contribution < -0.4 is 4.90 Å². The molecule has 0 amide bonds. The number of anilines is 1. The lowest BCUT2D eigenvalue weighted by Crippen LogP contribution is -2.41. The van der Waals surface area contributed by atoms with Gasteiger partial charge in [0.15, 0.2) is 21.5 Å². The molecule has 2 heterocycles. The third-order valence-corrected chi connectivity index (χ3v) is 4.50. The highest BCUT2D eigenvalue weighted by molar-refractivity contribution is 7.91. The first-order chi connectivity index (χ1) is 8.93. The fourth-order valence-corrected chi connectivity index (χ4v) is 3.02. The van der Waals surface area contributed by atoms with Crippen LogP contribution in [0.2, 0.25) is 0 Å². The van der Waals surface area contributed by atoms with Crippen molar-refractivity contribution in [2.75, 3.05) is 36.6 Å². The van der Waals surface area contributed by atoms with Crippen molar-refractivity contribution in [1.29, 1.82) is 0 Å². The average molecular weight is 288 g/mol. The van der Waals surface area contributed by atoms with Crippen LogP contribution in [0.5, 0.6) is 0 Å². The Morgan fingerprint density at radius 1 is 1.42 bits per heavy atom. The maximum atomic E-state index is 13.9. The van der Waals surface area contributed by atoms with Gasteiger partial charge in [0.2, 0.25) is 0 Å². The Kier molecular flexibility index (Phi) is 3.70. The van der Waals surface area contributed by atoms with E-state index in [9.17, 15) is 17.6 Å². The zero-order valence-corrected chi connectivity index (χ0v) is 11.1. The molecular formula is C11H13FN2O4S. The Bertz CT molecular complexity index is 589. The Morgan fingerprint density at radius 3 is 2.58 bits per heavy atom. The van der Waals surface area contributed by atoms with Gasteiger partial charge in [-0.25, -0.2) is 22.6 Å². The topological polar surface area (TPSA) is 76.6 Å². The second-order valence-corrected chi connectivity index (χ2v) is 6.46. The minimum atomic E-state index is -3.03. The van der Waals surface area contributed by atoms with Gasteiger partial charge in [0.05, 0.1) is 24.2 Å². The van der Waals surface area contributed by atoms with Crippen molar-refractivity contribution < 1.29 is 22.3 Å². The number of aromatic nitrogens is 1. The molecule has 0 aliphatic carbocycles. The van der Waals surface area contributed by atoms with E-state index >= 15 is 0 Å². The Labute approximate surface area is 110 Å². The van der Waals surface area contributed by atoms with E-state index in [0.29, 0.717) is 0 Å². The molecule has 0 bridgehead atoms. The van der Waals surface area contributed by atoms with Crippen molar-refractivity contribution in [2.45, 2.75) is 0 Å². The molecule has 1 aliphatic rings. The molecule has 6 nitrogen and oxygen atoms in total. The first kappa shape index (κ1) is 13.7. The monoisotopic (exact) mass is 288 g/mol. The predicted molar refractivity (Wildman–Crippen MR) is 66.4 cm³/mol. The smallest absolute Gasteiger partial charge is 0.339 e. The first-order valence-corrected chi connectivity index (χ1v) is 7.44. The number of sulfone groups is 1. The summed E-state index contributed by atoms with van der Waals surface area (Å²) in [4.78, 5) is 16.6. The molecule has 0 unspecified atom stereocenters. The van der Waals surface area contributed by atoms with Crippen LogP contribution in [0.15, 0.2) is 12.3 Å². The van der Waals surface area contributed by atoms with E-state index in [4.69, 9.17) is 0 Å². The highest BCUT2D eigenvalue weighted by atomic mass is 32.2. The van der Waals surface area contributed by atoms with Gasteiger partial charge in [0, 0.05) is 19.3 Å². The molecule has 1 aromatic rings. The number of rotatable bonds is 2. The van der Waals surface area contributed by atoms with Crippen LogP contribution in [0.1, 0.15) is 10.4 Å². The maximum Gasteiger partial charge on any atom is 0.339 e. The van der Waals surface area contributed by atoms with Crippen LogP contribution in [0.25, 0.3) is 0 Å². The molecule has 0 saturated carbocycles. The zero-order chi connectivity index (χ0) is 14.0. The van der Waals surface area contributed by atoms with E-state index in [1.54, 1.807) is 4.90 Å². The van der Waals surface area contributed by atoms with E-state index in [-0.39, 0.29) is 36.0 Å². The molecule has 8 heteroatoms. The van der Waals surface area contributed by atoms with Crippen LogP contribution in [-0.2, 0) is 14.6 Å². The number of esters is 1. The summed E-state index contributed by atoms with van der Waals surface area (Å²) in [7, 11) is -1.83. The van der Waals surface area contributed by atoms with Gasteiger partial charge in [-0.15, -0.1) is 0 Å². The van der Waals surface area contributed by atoms with Gasteiger partial charge in [0.25, 0.3) is 0 Å². The number of ether oxygens (including phenoxy) is 1. The highest BCUT2D eigenvalue weighted by Crippen LogP contribution is 2.19. The molecule has 0 spiro atoms. The number of carbonyl (C=O) groups is 1. The van der Waals surface area contributed by atoms with E-state index < -0.39 is 21.6 Å². The van der Waals surface area contributed by atoms with Gasteiger partial charge < -0.3 is 9.64 Å². The molecule has 0 aromatic carbocycles. The Balaban J connectivity index is 2.20. The summed E-state index contributed by atoms with van der Waals surface area (Å²) in [6.07, 6.45) is 1.22. The Hall–Kier alpha value is -1.70. The summed E-state index contributed by atoms with van der Waals surface area (Å²) < 4.78 is 40.9. The summed E-state index contributed by atoms with van der Waals surface area (Å²) in [5.74, 6) is -1.32. The second-order valence-electron chi connectivity index (χ2n) is 4.16. The highest BCUT2D eigenvalue weighted by Gasteiger charge is 2.24. The Morgan fingerprint density at radius 2 is 2.05 bits per heavy atom. The van der Waals surface area contributed by atoms with Crippen molar-refractivity contribution >= 4 is 21.6 Å². The largest absolute Gasteiger partial charge is 0.465 e. The number of hydrogen-bond acceptors (Lipinski definition) is 6. The summed E-state index contributed by atoms with van der Waals surface area (Å²) >= 11 is 0. The van der Waals surface area contributed by atoms with Crippen LogP contribution in [-0.4, -0.2) is 51.1 Å². The molecular weight excluding hydrogens is 275 g/mol. The van der Waals surface area contributed by atoms with Gasteiger partial charge in [-0.05, 0) is 6.07 Å². The van der Waals surface area contributed by atoms with E-state index in [1.165, 1.54) is 13.3 Å². The van der Waals surface area contributed by atoms with E-state index in [0.717, 1.165) is 6.07 Å². The number of carbonyl (C=O) groups excluding carboxylic acids is 1. The standard InChI is InChI=1S/C11H13FN2O4S/c1-18-11(15)8-6-9(12)10(13-7-8)14-2-4-19(16,17)5-3-14/h6-7H,2-5H2,1H3. The van der Waals surface area contributed by atoms with Crippen LogP contribution in [0.3, 0.4) is 0 Å². The summed E-state index contributed by atoms with van der Waals surface area (Å²) in [5, 5.41) is 0. The van der Waals surface area contributed by atoms with Gasteiger partial charge >= 0.3 is 5.97 Å². The average Bonchev–Trinajstić information content (AvgIpc) is 2.38. The number of halogens is 1. The van der Waals surface area contributed by atoms with Gasteiger partial charge in [0.1, 0.15) is 0 Å². The van der Waals surface area contributed by atoms with Gasteiger partial charge in [-0.3, -0.25) is 0 Å². The zero-order valence-electron chi connectivity index (χ0n) is 10.3. The SMILES string of the molecule is COC(=O)c1cnc(N2CCS(=O)(=O)CC2)c(F)c1. The van der Waals surface area contributed by atoms with E-state index in [1.807, 2.05) is 0 Å². The molecule has 0 atom stereocenters. The lowest BCUT2D eigenvalue weighted by molar-refractivity contribution is 0.0599. The number of hydrogen-bond donors (Lipinski definition) is 0. The van der Waals surface area contributed by atoms with Crippen LogP contribution in [0, 0.1) is 5.82 Å². The fourth-order valence-electron chi connectivity index (χ4n) is 1.82. The normalized spacial score (nSPS) is 18.1. The van der Waals surface area contributed by atoms with Gasteiger partial charge in [-0.1, -0.05) is 0 Å². The maximum absolute atomic E-state index is 13.9. The minimum Gasteiger partial charge on any atom is -0.465 e. The van der Waals surface area contributed by atoms with Crippen molar-refractivity contribution in [1.82, 2.24) is 4.98 Å². The molecule has 0 N–H and O–H groups in total. The number of pyridine rings is 1. The summed E-state index contributed by atoms with van der Waals surface area (Å²) in [6, 6.07) is 1.04. The molecule has 2 rings (SSSR count).